The van der Waals surface area contributed by atoms with Crippen LogP contribution < -0.4 is 10.0 Å². The molecule has 1 heterocycles. The number of fused-ring (bicyclic) bond motifs is 1. The number of nitrogens with zero attached hydrogens (tertiary/aromatic N) is 1. The van der Waals surface area contributed by atoms with Crippen LogP contribution in [0.2, 0.25) is 0 Å². The van der Waals surface area contributed by atoms with Crippen LogP contribution in [0, 0.1) is 5.82 Å². The highest BCUT2D eigenvalue weighted by atomic mass is 32.2. The third kappa shape index (κ3) is 4.46. The van der Waals surface area contributed by atoms with E-state index in [0.717, 1.165) is 35.2 Å². The summed E-state index contributed by atoms with van der Waals surface area (Å²) in [6.45, 7) is 0. The lowest BCUT2D eigenvalue weighted by molar-refractivity contribution is 0.102. The number of hydrogen-bond donors (Lipinski definition) is 3. The van der Waals surface area contributed by atoms with Crippen LogP contribution in [0.1, 0.15) is 10.4 Å². The molecule has 3 aromatic carbocycles. The Balaban J connectivity index is 1.57. The van der Waals surface area contributed by atoms with Crippen LogP contribution in [0.15, 0.2) is 83.9 Å². The number of hydrogen-bond acceptors (Lipinski definition) is 5. The molecule has 0 spiro atoms. The quantitative estimate of drug-likeness (QED) is 0.321. The molecule has 3 N–H and O–H groups in total. The topological polar surface area (TPSA) is 108 Å². The van der Waals surface area contributed by atoms with Gasteiger partial charge in [0, 0.05) is 22.8 Å². The fourth-order valence-electron chi connectivity index (χ4n) is 2.93. The molecule has 0 unspecified atom stereocenters. The fraction of sp³-hybridized carbons (Fsp3) is 0. The Kier molecular flexibility index (Phi) is 5.26. The number of carbonyl (C=O) groups is 1. The van der Waals surface area contributed by atoms with Crippen molar-refractivity contribution in [3.63, 3.8) is 0 Å². The fourth-order valence-corrected chi connectivity index (χ4v) is 4.00. The molecule has 0 saturated heterocycles. The standard InChI is InChI=1S/C22H16FN3O4S/c23-16-4-7-18(8-5-16)31(29,30)26-20-13-17(6-10-21(20)27)25-22(28)15-3-9-19-14(12-15)2-1-11-24-19/h1-13,26-27H,(H,25,28). The second-order valence-corrected chi connectivity index (χ2v) is 8.34. The van der Waals surface area contributed by atoms with Crippen LogP contribution in [-0.4, -0.2) is 24.4 Å². The average molecular weight is 437 g/mol. The Labute approximate surface area is 177 Å². The van der Waals surface area contributed by atoms with Crippen molar-refractivity contribution in [2.45, 2.75) is 4.90 Å². The van der Waals surface area contributed by atoms with E-state index in [1.165, 1.54) is 18.2 Å². The summed E-state index contributed by atoms with van der Waals surface area (Å²) in [5, 5.41) is 13.5. The molecule has 0 aliphatic rings. The Bertz CT molecular complexity index is 1390. The molecule has 0 fully saturated rings. The zero-order valence-corrected chi connectivity index (χ0v) is 16.7. The maximum absolute atomic E-state index is 13.1. The van der Waals surface area contributed by atoms with Crippen molar-refractivity contribution in [1.29, 1.82) is 0 Å². The molecule has 1 aromatic heterocycles. The first-order valence-electron chi connectivity index (χ1n) is 9.09. The van der Waals surface area contributed by atoms with Gasteiger partial charge in [-0.25, -0.2) is 12.8 Å². The minimum atomic E-state index is -4.07. The average Bonchev–Trinajstić information content (AvgIpc) is 2.76. The lowest BCUT2D eigenvalue weighted by atomic mass is 10.1. The van der Waals surface area contributed by atoms with E-state index < -0.39 is 21.7 Å². The van der Waals surface area contributed by atoms with Crippen LogP contribution in [0.4, 0.5) is 15.8 Å². The van der Waals surface area contributed by atoms with Gasteiger partial charge in [-0.1, -0.05) is 6.07 Å². The number of aromatic hydroxyl groups is 1. The van der Waals surface area contributed by atoms with Crippen LogP contribution in [0.25, 0.3) is 10.9 Å². The van der Waals surface area contributed by atoms with Crippen LogP contribution in [0.3, 0.4) is 0 Å². The molecular weight excluding hydrogens is 421 g/mol. The number of phenols is 1. The van der Waals surface area contributed by atoms with Crippen LogP contribution >= 0.6 is 0 Å². The van der Waals surface area contributed by atoms with E-state index in [9.17, 15) is 22.7 Å². The third-order valence-electron chi connectivity index (χ3n) is 4.49. The molecule has 7 nitrogen and oxygen atoms in total. The molecule has 9 heteroatoms. The summed E-state index contributed by atoms with van der Waals surface area (Å²) in [4.78, 5) is 16.7. The van der Waals surface area contributed by atoms with Crippen molar-refractivity contribution >= 4 is 38.2 Å². The molecule has 4 rings (SSSR count). The lowest BCUT2D eigenvalue weighted by Crippen LogP contribution is -2.14. The predicted octanol–water partition coefficient (Wildman–Crippen LogP) is 4.13. The molecule has 0 aliphatic carbocycles. The molecule has 4 aromatic rings. The number of pyridine rings is 1. The number of amides is 1. The minimum Gasteiger partial charge on any atom is -0.506 e. The Morgan fingerprint density at radius 2 is 1.74 bits per heavy atom. The summed E-state index contributed by atoms with van der Waals surface area (Å²) < 4.78 is 40.3. The van der Waals surface area contributed by atoms with E-state index in [2.05, 4.69) is 15.0 Å². The second kappa shape index (κ2) is 8.04. The van der Waals surface area contributed by atoms with Gasteiger partial charge < -0.3 is 10.4 Å². The molecular formula is C22H16FN3O4S. The summed E-state index contributed by atoms with van der Waals surface area (Å²) in [5.41, 5.74) is 1.28. The molecule has 0 bridgehead atoms. The first-order valence-corrected chi connectivity index (χ1v) is 10.6. The highest BCUT2D eigenvalue weighted by Crippen LogP contribution is 2.29. The highest BCUT2D eigenvalue weighted by molar-refractivity contribution is 7.92. The van der Waals surface area contributed by atoms with E-state index in [-0.39, 0.29) is 22.0 Å². The van der Waals surface area contributed by atoms with Crippen molar-refractivity contribution in [1.82, 2.24) is 4.98 Å². The summed E-state index contributed by atoms with van der Waals surface area (Å²) in [5.74, 6) is -1.32. The van der Waals surface area contributed by atoms with Crippen LogP contribution in [0.5, 0.6) is 5.75 Å². The van der Waals surface area contributed by atoms with Gasteiger partial charge in [-0.05, 0) is 66.7 Å². The van der Waals surface area contributed by atoms with Crippen molar-refractivity contribution < 1.29 is 22.7 Å². The number of nitrogens with one attached hydrogen (secondary N) is 2. The lowest BCUT2D eigenvalue weighted by Gasteiger charge is -2.12. The smallest absolute Gasteiger partial charge is 0.262 e. The van der Waals surface area contributed by atoms with Gasteiger partial charge in [-0.3, -0.25) is 14.5 Å². The van der Waals surface area contributed by atoms with Crippen molar-refractivity contribution in [2.24, 2.45) is 0 Å². The van der Waals surface area contributed by atoms with Gasteiger partial charge in [-0.15, -0.1) is 0 Å². The number of anilines is 2. The molecule has 0 saturated carbocycles. The molecule has 0 radical (unpaired) electrons. The van der Waals surface area contributed by atoms with Gasteiger partial charge in [0.2, 0.25) is 0 Å². The SMILES string of the molecule is O=C(Nc1ccc(O)c(NS(=O)(=O)c2ccc(F)cc2)c1)c1ccc2ncccc2c1. The Morgan fingerprint density at radius 3 is 2.52 bits per heavy atom. The summed E-state index contributed by atoms with van der Waals surface area (Å²) >= 11 is 0. The monoisotopic (exact) mass is 437 g/mol. The van der Waals surface area contributed by atoms with E-state index >= 15 is 0 Å². The largest absolute Gasteiger partial charge is 0.506 e. The van der Waals surface area contributed by atoms with Gasteiger partial charge >= 0.3 is 0 Å². The minimum absolute atomic E-state index is 0.134. The molecule has 1 amide bonds. The Morgan fingerprint density at radius 1 is 0.968 bits per heavy atom. The first kappa shape index (κ1) is 20.3. The maximum Gasteiger partial charge on any atom is 0.262 e. The first-order chi connectivity index (χ1) is 14.8. The molecule has 0 aliphatic heterocycles. The molecule has 31 heavy (non-hydrogen) atoms. The summed E-state index contributed by atoms with van der Waals surface area (Å²) in [7, 11) is -4.07. The number of sulfonamides is 1. The van der Waals surface area contributed by atoms with E-state index in [1.54, 1.807) is 30.5 Å². The number of aromatic nitrogens is 1. The van der Waals surface area contributed by atoms with E-state index in [4.69, 9.17) is 0 Å². The molecule has 0 atom stereocenters. The Hall–Kier alpha value is -3.98. The maximum atomic E-state index is 13.1. The number of phenolic OH excluding ortho intramolecular Hbond substituents is 1. The molecule has 156 valence electrons. The summed E-state index contributed by atoms with van der Waals surface area (Å²) in [6.07, 6.45) is 1.66. The summed E-state index contributed by atoms with van der Waals surface area (Å²) in [6, 6.07) is 16.9. The number of carbonyl (C=O) groups excluding carboxylic acids is 1. The number of benzene rings is 3. The second-order valence-electron chi connectivity index (χ2n) is 6.66. The van der Waals surface area contributed by atoms with Crippen molar-refractivity contribution in [2.75, 3.05) is 10.0 Å². The zero-order chi connectivity index (χ0) is 22.0. The van der Waals surface area contributed by atoms with Gasteiger partial charge in [0.1, 0.15) is 11.6 Å². The van der Waals surface area contributed by atoms with Crippen molar-refractivity contribution in [3.05, 3.63) is 90.4 Å². The van der Waals surface area contributed by atoms with E-state index in [1.807, 2.05) is 6.07 Å². The van der Waals surface area contributed by atoms with Gasteiger partial charge in [0.25, 0.3) is 15.9 Å². The number of rotatable bonds is 5. The van der Waals surface area contributed by atoms with Crippen molar-refractivity contribution in [3.8, 4) is 5.75 Å². The van der Waals surface area contributed by atoms with Gasteiger partial charge in [0.15, 0.2) is 0 Å². The van der Waals surface area contributed by atoms with Gasteiger partial charge in [0.05, 0.1) is 16.1 Å². The van der Waals surface area contributed by atoms with E-state index in [0.29, 0.717) is 5.56 Å². The highest BCUT2D eigenvalue weighted by Gasteiger charge is 2.17. The number of halogens is 1. The predicted molar refractivity (Wildman–Crippen MR) is 115 cm³/mol. The van der Waals surface area contributed by atoms with Gasteiger partial charge in [-0.2, -0.15) is 0 Å². The normalized spacial score (nSPS) is 11.3. The van der Waals surface area contributed by atoms with Crippen LogP contribution in [-0.2, 0) is 10.0 Å². The third-order valence-corrected chi connectivity index (χ3v) is 5.87. The zero-order valence-electron chi connectivity index (χ0n) is 15.9.